The summed E-state index contributed by atoms with van der Waals surface area (Å²) in [5.41, 5.74) is 0.902. The van der Waals surface area contributed by atoms with Gasteiger partial charge in [0.15, 0.2) is 6.35 Å². The van der Waals surface area contributed by atoms with Gasteiger partial charge < -0.3 is 10.0 Å². The van der Waals surface area contributed by atoms with Crippen LogP contribution in [-0.2, 0) is 0 Å². The number of nitrogens with zero attached hydrogens (tertiary/aromatic N) is 2. The average Bonchev–Trinajstić information content (AvgIpc) is 3.22. The molecule has 0 spiro atoms. The molecule has 6 heteroatoms. The summed E-state index contributed by atoms with van der Waals surface area (Å²) in [5, 5.41) is 14.9. The Morgan fingerprint density at radius 1 is 1.15 bits per heavy atom. The lowest BCUT2D eigenvalue weighted by atomic mass is 9.78. The van der Waals surface area contributed by atoms with E-state index in [1.54, 1.807) is 18.4 Å². The molecule has 0 bridgehead atoms. The maximum atomic E-state index is 13.2. The molecule has 2 aliphatic heterocycles. The molecule has 0 radical (unpaired) electrons. The van der Waals surface area contributed by atoms with E-state index in [0.717, 1.165) is 50.4 Å². The van der Waals surface area contributed by atoms with Gasteiger partial charge in [-0.25, -0.2) is 0 Å². The van der Waals surface area contributed by atoms with Crippen molar-refractivity contribution >= 4 is 17.2 Å². The van der Waals surface area contributed by atoms with E-state index >= 15 is 0 Å². The molecule has 3 fully saturated rings. The normalized spacial score (nSPS) is 28.7. The minimum absolute atomic E-state index is 0.261. The first-order valence-electron chi connectivity index (χ1n) is 10.7. The van der Waals surface area contributed by atoms with Gasteiger partial charge in [-0.05, 0) is 63.5 Å². The zero-order chi connectivity index (χ0) is 18.8. The number of amides is 1. The van der Waals surface area contributed by atoms with Crippen LogP contribution in [-0.4, -0.2) is 59.9 Å². The second kappa shape index (κ2) is 8.60. The first kappa shape index (κ1) is 19.4. The molecule has 1 aliphatic carbocycles. The van der Waals surface area contributed by atoms with Crippen LogP contribution in [0.5, 0.6) is 0 Å². The summed E-state index contributed by atoms with van der Waals surface area (Å²) in [4.78, 5) is 18.8. The zero-order valence-corrected chi connectivity index (χ0v) is 17.2. The number of likely N-dealkylation sites (tertiary alicyclic amines) is 2. The van der Waals surface area contributed by atoms with Gasteiger partial charge in [-0.2, -0.15) is 0 Å². The smallest absolute Gasteiger partial charge is 0.254 e. The predicted octanol–water partition coefficient (Wildman–Crippen LogP) is 3.22. The number of carbonyl (C=O) groups is 1. The fourth-order valence-electron chi connectivity index (χ4n) is 5.33. The van der Waals surface area contributed by atoms with Gasteiger partial charge in [0, 0.05) is 35.9 Å². The number of carbonyl (C=O) groups excluding carboxylic acids is 1. The highest BCUT2D eigenvalue weighted by Gasteiger charge is 2.36. The topological polar surface area (TPSA) is 55.8 Å². The fourth-order valence-corrected chi connectivity index (χ4v) is 6.39. The molecule has 2 saturated heterocycles. The van der Waals surface area contributed by atoms with Crippen LogP contribution in [0.3, 0.4) is 0 Å². The molecule has 1 aromatic rings. The number of aliphatic hydroxyl groups excluding tert-OH is 1. The van der Waals surface area contributed by atoms with Crippen LogP contribution in [0, 0.1) is 5.92 Å². The van der Waals surface area contributed by atoms with Crippen LogP contribution in [0.25, 0.3) is 0 Å². The van der Waals surface area contributed by atoms with Gasteiger partial charge in [-0.3, -0.25) is 15.0 Å². The molecule has 3 aliphatic rings. The maximum Gasteiger partial charge on any atom is 0.254 e. The number of rotatable bonds is 4. The molecule has 0 aromatic carbocycles. The minimum atomic E-state index is -0.547. The number of piperidine rings is 2. The Hall–Kier alpha value is -0.950. The summed E-state index contributed by atoms with van der Waals surface area (Å²) in [7, 11) is 1.78. The van der Waals surface area contributed by atoms with E-state index < -0.39 is 6.35 Å². The molecule has 3 unspecified atom stereocenters. The van der Waals surface area contributed by atoms with Gasteiger partial charge in [-0.15, -0.1) is 11.3 Å². The van der Waals surface area contributed by atoms with Crippen molar-refractivity contribution in [2.24, 2.45) is 5.92 Å². The second-order valence-corrected chi connectivity index (χ2v) is 9.41. The average molecular weight is 392 g/mol. The van der Waals surface area contributed by atoms with E-state index in [1.807, 2.05) is 0 Å². The van der Waals surface area contributed by atoms with Gasteiger partial charge in [0.25, 0.3) is 5.91 Å². The number of aliphatic hydroxyl groups is 1. The molecule has 3 atom stereocenters. The molecular weight excluding hydrogens is 358 g/mol. The Labute approximate surface area is 166 Å². The third-order valence-electron chi connectivity index (χ3n) is 6.91. The summed E-state index contributed by atoms with van der Waals surface area (Å²) >= 11 is 1.75. The van der Waals surface area contributed by atoms with E-state index in [9.17, 15) is 9.90 Å². The van der Waals surface area contributed by atoms with E-state index in [0.29, 0.717) is 12.0 Å². The van der Waals surface area contributed by atoms with E-state index in [1.165, 1.54) is 37.0 Å². The van der Waals surface area contributed by atoms with Crippen LogP contribution in [0.15, 0.2) is 11.4 Å². The van der Waals surface area contributed by atoms with Gasteiger partial charge in [-0.1, -0.05) is 12.8 Å². The lowest BCUT2D eigenvalue weighted by molar-refractivity contribution is -0.0294. The number of thiophene rings is 1. The third-order valence-corrected chi connectivity index (χ3v) is 8.00. The second-order valence-electron chi connectivity index (χ2n) is 8.46. The van der Waals surface area contributed by atoms with Gasteiger partial charge >= 0.3 is 0 Å². The maximum absolute atomic E-state index is 13.2. The standard InChI is InChI=1S/C21H33N3O2S/c1-22-21(26)23-11-8-16(9-12-23)19-13-17(14-27-19)20(25)24-10-4-6-15-5-2-3-7-18(15)24/h13-16,18,21-22,26H,2-12H2,1H3. The Balaban J connectivity index is 1.40. The molecule has 1 aromatic heterocycles. The van der Waals surface area contributed by atoms with Crippen molar-refractivity contribution in [1.29, 1.82) is 0 Å². The van der Waals surface area contributed by atoms with E-state index in [4.69, 9.17) is 0 Å². The number of hydrogen-bond donors (Lipinski definition) is 2. The first-order chi connectivity index (χ1) is 13.2. The molecule has 27 heavy (non-hydrogen) atoms. The fraction of sp³-hybridized carbons (Fsp3) is 0.762. The monoisotopic (exact) mass is 391 g/mol. The highest BCUT2D eigenvalue weighted by atomic mass is 32.1. The number of fused-ring (bicyclic) bond motifs is 1. The van der Waals surface area contributed by atoms with Gasteiger partial charge in [0.1, 0.15) is 0 Å². The zero-order valence-electron chi connectivity index (χ0n) is 16.4. The van der Waals surface area contributed by atoms with Crippen LogP contribution >= 0.6 is 11.3 Å². The SMILES string of the molecule is CNC(O)N1CCC(c2cc(C(=O)N3CCCC4CCCCC43)cs2)CC1. The summed E-state index contributed by atoms with van der Waals surface area (Å²) in [6, 6.07) is 2.64. The van der Waals surface area contributed by atoms with Crippen molar-refractivity contribution in [3.8, 4) is 0 Å². The minimum Gasteiger partial charge on any atom is -0.365 e. The quantitative estimate of drug-likeness (QED) is 0.774. The van der Waals surface area contributed by atoms with Crippen molar-refractivity contribution < 1.29 is 9.90 Å². The Morgan fingerprint density at radius 2 is 1.89 bits per heavy atom. The molecule has 1 amide bonds. The molecule has 3 heterocycles. The molecule has 2 N–H and O–H groups in total. The van der Waals surface area contributed by atoms with Crippen molar-refractivity contribution in [1.82, 2.24) is 15.1 Å². The molecule has 4 rings (SSSR count). The Morgan fingerprint density at radius 3 is 2.67 bits per heavy atom. The first-order valence-corrected chi connectivity index (χ1v) is 11.5. The van der Waals surface area contributed by atoms with Gasteiger partial charge in [0.2, 0.25) is 0 Å². The number of hydrogen-bond acceptors (Lipinski definition) is 5. The summed E-state index contributed by atoms with van der Waals surface area (Å²) in [6.45, 7) is 2.72. The third kappa shape index (κ3) is 4.09. The van der Waals surface area contributed by atoms with E-state index in [-0.39, 0.29) is 5.91 Å². The lowest BCUT2D eigenvalue weighted by Crippen LogP contribution is -2.49. The van der Waals surface area contributed by atoms with Crippen LogP contribution < -0.4 is 5.32 Å². The summed E-state index contributed by atoms with van der Waals surface area (Å²) in [6.07, 6.45) is 9.12. The van der Waals surface area contributed by atoms with Gasteiger partial charge in [0.05, 0.1) is 5.56 Å². The molecule has 1 saturated carbocycles. The van der Waals surface area contributed by atoms with Crippen molar-refractivity contribution in [2.45, 2.75) is 69.7 Å². The Kier molecular flexibility index (Phi) is 6.17. The largest absolute Gasteiger partial charge is 0.365 e. The van der Waals surface area contributed by atoms with Crippen LogP contribution in [0.2, 0.25) is 0 Å². The lowest BCUT2D eigenvalue weighted by Gasteiger charge is -2.44. The summed E-state index contributed by atoms with van der Waals surface area (Å²) < 4.78 is 0. The van der Waals surface area contributed by atoms with Crippen molar-refractivity contribution in [2.75, 3.05) is 26.7 Å². The van der Waals surface area contributed by atoms with E-state index in [2.05, 4.69) is 26.6 Å². The highest BCUT2D eigenvalue weighted by molar-refractivity contribution is 7.10. The molecular formula is C21H33N3O2S. The van der Waals surface area contributed by atoms with Crippen molar-refractivity contribution in [3.05, 3.63) is 21.9 Å². The van der Waals surface area contributed by atoms with Crippen LogP contribution in [0.1, 0.15) is 72.5 Å². The molecule has 150 valence electrons. The predicted molar refractivity (Wildman–Crippen MR) is 109 cm³/mol. The highest BCUT2D eigenvalue weighted by Crippen LogP contribution is 2.37. The van der Waals surface area contributed by atoms with Crippen LogP contribution in [0.4, 0.5) is 0 Å². The number of nitrogens with one attached hydrogen (secondary N) is 1. The summed E-state index contributed by atoms with van der Waals surface area (Å²) in [5.74, 6) is 1.51. The van der Waals surface area contributed by atoms with Crippen molar-refractivity contribution in [3.63, 3.8) is 0 Å². The Bertz CT molecular complexity index is 639. The molecule has 5 nitrogen and oxygen atoms in total.